The highest BCUT2D eigenvalue weighted by atomic mass is 16.7. The molecule has 0 amide bonds. The molecule has 0 saturated heterocycles. The predicted octanol–water partition coefficient (Wildman–Crippen LogP) is 4.02. The molecule has 0 radical (unpaired) electrons. The lowest BCUT2D eigenvalue weighted by atomic mass is 10.1. The van der Waals surface area contributed by atoms with E-state index in [1.165, 1.54) is 6.08 Å². The molecular formula is C23H18O6. The third kappa shape index (κ3) is 4.21. The third-order valence-corrected chi connectivity index (χ3v) is 4.52. The van der Waals surface area contributed by atoms with E-state index in [-0.39, 0.29) is 19.2 Å². The zero-order valence-corrected chi connectivity index (χ0v) is 15.7. The summed E-state index contributed by atoms with van der Waals surface area (Å²) in [5.74, 6) is 0.987. The summed E-state index contributed by atoms with van der Waals surface area (Å²) >= 11 is 0. The quantitative estimate of drug-likeness (QED) is 0.360. The number of carbonyl (C=O) groups is 2. The molecule has 1 aliphatic rings. The Morgan fingerprint density at radius 1 is 0.966 bits per heavy atom. The lowest BCUT2D eigenvalue weighted by molar-refractivity contribution is -0.136. The highest BCUT2D eigenvalue weighted by molar-refractivity contribution is 5.99. The van der Waals surface area contributed by atoms with Crippen LogP contribution in [0.5, 0.6) is 17.2 Å². The van der Waals surface area contributed by atoms with Crippen LogP contribution in [0.4, 0.5) is 0 Å². The number of rotatable bonds is 6. The highest BCUT2D eigenvalue weighted by Crippen LogP contribution is 2.32. The fourth-order valence-corrected chi connectivity index (χ4v) is 2.98. The first-order valence-electron chi connectivity index (χ1n) is 8.98. The van der Waals surface area contributed by atoms with Crippen molar-refractivity contribution in [2.24, 2.45) is 0 Å². The number of benzene rings is 3. The summed E-state index contributed by atoms with van der Waals surface area (Å²) in [7, 11) is 1.63. The van der Waals surface area contributed by atoms with Gasteiger partial charge in [0.25, 0.3) is 0 Å². The predicted molar refractivity (Wildman–Crippen MR) is 107 cm³/mol. The molecule has 0 N–H and O–H groups in total. The molecule has 3 aromatic carbocycles. The molecule has 0 bridgehead atoms. The number of methoxy groups -OCH3 is 1. The normalized spacial score (nSPS) is 12.3. The summed E-state index contributed by atoms with van der Waals surface area (Å²) in [6.45, 7) is -0.213. The maximum atomic E-state index is 12.2. The molecule has 1 aliphatic heterocycles. The highest BCUT2D eigenvalue weighted by Gasteiger charge is 2.16. The van der Waals surface area contributed by atoms with E-state index in [0.717, 1.165) is 22.1 Å². The minimum absolute atomic E-state index is 0.134. The molecule has 1 heterocycles. The van der Waals surface area contributed by atoms with Crippen molar-refractivity contribution < 1.29 is 28.5 Å². The molecule has 6 heteroatoms. The van der Waals surface area contributed by atoms with Crippen LogP contribution in [0.3, 0.4) is 0 Å². The Labute approximate surface area is 167 Å². The smallest absolute Gasteiger partial charge is 0.331 e. The van der Waals surface area contributed by atoms with Gasteiger partial charge in [0.05, 0.1) is 7.11 Å². The lowest BCUT2D eigenvalue weighted by Crippen LogP contribution is -2.12. The van der Waals surface area contributed by atoms with Gasteiger partial charge >= 0.3 is 5.97 Å². The van der Waals surface area contributed by atoms with E-state index in [9.17, 15) is 9.59 Å². The van der Waals surface area contributed by atoms with Crippen molar-refractivity contribution in [3.63, 3.8) is 0 Å². The van der Waals surface area contributed by atoms with Gasteiger partial charge in [0, 0.05) is 11.6 Å². The van der Waals surface area contributed by atoms with E-state index >= 15 is 0 Å². The van der Waals surface area contributed by atoms with E-state index in [1.807, 2.05) is 36.4 Å². The zero-order valence-electron chi connectivity index (χ0n) is 15.7. The molecule has 29 heavy (non-hydrogen) atoms. The molecule has 0 aliphatic carbocycles. The number of fused-ring (bicyclic) bond motifs is 2. The van der Waals surface area contributed by atoms with Gasteiger partial charge < -0.3 is 18.9 Å². The molecule has 0 saturated carbocycles. The molecule has 0 atom stereocenters. The first kappa shape index (κ1) is 18.6. The number of hydrogen-bond acceptors (Lipinski definition) is 6. The van der Waals surface area contributed by atoms with Crippen molar-refractivity contribution in [3.8, 4) is 17.2 Å². The minimum Gasteiger partial charge on any atom is -0.497 e. The van der Waals surface area contributed by atoms with Crippen LogP contribution in [0.1, 0.15) is 15.9 Å². The average molecular weight is 390 g/mol. The van der Waals surface area contributed by atoms with Gasteiger partial charge in [-0.25, -0.2) is 4.79 Å². The monoisotopic (exact) mass is 390 g/mol. The van der Waals surface area contributed by atoms with Gasteiger partial charge in [0.2, 0.25) is 6.79 Å². The van der Waals surface area contributed by atoms with Gasteiger partial charge in [0.1, 0.15) is 5.75 Å². The Morgan fingerprint density at radius 2 is 1.76 bits per heavy atom. The van der Waals surface area contributed by atoms with Crippen LogP contribution in [-0.2, 0) is 9.53 Å². The van der Waals surface area contributed by atoms with Crippen molar-refractivity contribution in [3.05, 3.63) is 71.8 Å². The number of Topliss-reactive ketones (excluding diaryl/α,β-unsaturated/α-hetero) is 1. The first-order chi connectivity index (χ1) is 14.1. The molecule has 0 spiro atoms. The zero-order chi connectivity index (χ0) is 20.2. The van der Waals surface area contributed by atoms with Crippen molar-refractivity contribution in [2.75, 3.05) is 20.5 Å². The molecule has 0 unspecified atom stereocenters. The van der Waals surface area contributed by atoms with E-state index in [1.54, 1.807) is 31.4 Å². The summed E-state index contributed by atoms with van der Waals surface area (Å²) in [6, 6.07) is 16.4. The second-order valence-corrected chi connectivity index (χ2v) is 6.40. The summed E-state index contributed by atoms with van der Waals surface area (Å²) in [5, 5.41) is 2.07. The van der Waals surface area contributed by atoms with Crippen LogP contribution >= 0.6 is 0 Å². The van der Waals surface area contributed by atoms with Crippen molar-refractivity contribution in [2.45, 2.75) is 0 Å². The standard InChI is InChI=1S/C23H18O6/c1-26-19-7-5-16-10-15(2-4-17(16)11-19)3-9-23(25)27-13-20(24)18-6-8-21-22(12-18)29-14-28-21/h2-12H,13-14H2,1H3/b9-3+. The van der Waals surface area contributed by atoms with Crippen LogP contribution in [-0.4, -0.2) is 32.3 Å². The Kier molecular flexibility index (Phi) is 5.16. The minimum atomic E-state index is -0.589. The van der Waals surface area contributed by atoms with E-state index in [2.05, 4.69) is 0 Å². The van der Waals surface area contributed by atoms with E-state index in [0.29, 0.717) is 17.1 Å². The summed E-state index contributed by atoms with van der Waals surface area (Å²) < 4.78 is 20.7. The molecule has 3 aromatic rings. The second kappa shape index (κ2) is 8.06. The molecule has 0 aromatic heterocycles. The fourth-order valence-electron chi connectivity index (χ4n) is 2.98. The Morgan fingerprint density at radius 3 is 2.62 bits per heavy atom. The van der Waals surface area contributed by atoms with Gasteiger partial charge in [-0.2, -0.15) is 0 Å². The summed E-state index contributed by atoms with van der Waals surface area (Å²) in [5.41, 5.74) is 1.25. The van der Waals surface area contributed by atoms with Crippen LogP contribution in [0.2, 0.25) is 0 Å². The molecule has 6 nitrogen and oxygen atoms in total. The lowest BCUT2D eigenvalue weighted by Gasteiger charge is -2.04. The first-order valence-corrected chi connectivity index (χ1v) is 8.98. The van der Waals surface area contributed by atoms with Gasteiger partial charge in [-0.15, -0.1) is 0 Å². The Hall–Kier alpha value is -3.80. The number of carbonyl (C=O) groups excluding carboxylic acids is 2. The van der Waals surface area contributed by atoms with Crippen LogP contribution in [0, 0.1) is 0 Å². The number of ether oxygens (including phenoxy) is 4. The van der Waals surface area contributed by atoms with Crippen molar-refractivity contribution in [1.29, 1.82) is 0 Å². The second-order valence-electron chi connectivity index (χ2n) is 6.40. The van der Waals surface area contributed by atoms with Crippen molar-refractivity contribution in [1.82, 2.24) is 0 Å². The summed E-state index contributed by atoms with van der Waals surface area (Å²) in [6.07, 6.45) is 2.95. The van der Waals surface area contributed by atoms with Crippen LogP contribution in [0.25, 0.3) is 16.8 Å². The van der Waals surface area contributed by atoms with Crippen LogP contribution in [0.15, 0.2) is 60.7 Å². The third-order valence-electron chi connectivity index (χ3n) is 4.52. The topological polar surface area (TPSA) is 71.1 Å². The molecule has 146 valence electrons. The number of hydrogen-bond donors (Lipinski definition) is 0. The Balaban J connectivity index is 1.36. The van der Waals surface area contributed by atoms with Gasteiger partial charge in [0.15, 0.2) is 23.9 Å². The maximum Gasteiger partial charge on any atom is 0.331 e. The Bertz CT molecular complexity index is 1120. The number of ketones is 1. The SMILES string of the molecule is COc1ccc2cc(/C=C/C(=O)OCC(=O)c3ccc4c(c3)OCO4)ccc2c1. The van der Waals surface area contributed by atoms with E-state index < -0.39 is 5.97 Å². The maximum absolute atomic E-state index is 12.2. The number of esters is 1. The average Bonchev–Trinajstić information content (AvgIpc) is 3.23. The molecular weight excluding hydrogens is 372 g/mol. The van der Waals surface area contributed by atoms with Gasteiger partial charge in [-0.05, 0) is 58.8 Å². The van der Waals surface area contributed by atoms with Gasteiger partial charge in [-0.1, -0.05) is 18.2 Å². The fraction of sp³-hybridized carbons (Fsp3) is 0.130. The van der Waals surface area contributed by atoms with Crippen LogP contribution < -0.4 is 14.2 Å². The molecule has 4 rings (SSSR count). The molecule has 0 fully saturated rings. The largest absolute Gasteiger partial charge is 0.497 e. The van der Waals surface area contributed by atoms with Crippen molar-refractivity contribution >= 4 is 28.6 Å². The van der Waals surface area contributed by atoms with E-state index in [4.69, 9.17) is 18.9 Å². The van der Waals surface area contributed by atoms with Gasteiger partial charge in [-0.3, -0.25) is 4.79 Å². The summed E-state index contributed by atoms with van der Waals surface area (Å²) in [4.78, 5) is 24.2.